The highest BCUT2D eigenvalue weighted by molar-refractivity contribution is 6.27. The summed E-state index contributed by atoms with van der Waals surface area (Å²) in [6, 6.07) is 5.42. The van der Waals surface area contributed by atoms with Crippen molar-refractivity contribution >= 4 is 11.6 Å². The Kier molecular flexibility index (Phi) is 3.45. The van der Waals surface area contributed by atoms with Gasteiger partial charge < -0.3 is 9.47 Å². The average Bonchev–Trinajstić information content (AvgIpc) is 3.35. The Labute approximate surface area is 129 Å². The number of ether oxygens (including phenoxy) is 2. The second-order valence-electron chi connectivity index (χ2n) is 5.46. The zero-order valence-corrected chi connectivity index (χ0v) is 12.1. The van der Waals surface area contributed by atoms with Gasteiger partial charge in [0.25, 0.3) is 0 Å². The Morgan fingerprint density at radius 3 is 2.32 bits per heavy atom. The minimum absolute atomic E-state index is 0.248. The van der Waals surface area contributed by atoms with Gasteiger partial charge in [0.1, 0.15) is 17.5 Å². The first-order valence-electron chi connectivity index (χ1n) is 6.70. The Bertz CT molecular complexity index is 586. The van der Waals surface area contributed by atoms with E-state index in [2.05, 4.69) is 11.3 Å². The van der Waals surface area contributed by atoms with Crippen LogP contribution in [0, 0.1) is 0 Å². The quantitative estimate of drug-likeness (QED) is 0.331. The van der Waals surface area contributed by atoms with Crippen molar-refractivity contribution in [1.29, 1.82) is 0 Å². The van der Waals surface area contributed by atoms with Gasteiger partial charge in [-0.25, -0.2) is 0 Å². The number of hydrogen-bond donors (Lipinski definition) is 0. The number of alkyl halides is 5. The van der Waals surface area contributed by atoms with Crippen LogP contribution in [0.3, 0.4) is 0 Å². The SMILES string of the molecule is C=CC1OC1(c1ccc(OC(F)(F)C(F)F)cc1)C1(Cl)CC1. The molecule has 3 rings (SSSR count). The van der Waals surface area contributed by atoms with Crippen LogP contribution in [0.2, 0.25) is 0 Å². The molecule has 0 spiro atoms. The molecule has 1 aliphatic carbocycles. The lowest BCUT2D eigenvalue weighted by atomic mass is 9.90. The Morgan fingerprint density at radius 2 is 1.91 bits per heavy atom. The molecule has 0 radical (unpaired) electrons. The number of hydrogen-bond acceptors (Lipinski definition) is 2. The van der Waals surface area contributed by atoms with E-state index in [4.69, 9.17) is 16.3 Å². The molecule has 0 aromatic heterocycles. The Hall–Kier alpha value is -1.27. The molecule has 2 aliphatic rings. The summed E-state index contributed by atoms with van der Waals surface area (Å²) in [5.74, 6) is -0.348. The first kappa shape index (κ1) is 15.6. The zero-order valence-electron chi connectivity index (χ0n) is 11.4. The molecule has 2 atom stereocenters. The van der Waals surface area contributed by atoms with Gasteiger partial charge in [-0.3, -0.25) is 0 Å². The predicted octanol–water partition coefficient (Wildman–Crippen LogP) is 4.47. The molecule has 2 nitrogen and oxygen atoms in total. The number of rotatable bonds is 6. The third kappa shape index (κ3) is 2.29. The molecule has 0 N–H and O–H groups in total. The summed E-state index contributed by atoms with van der Waals surface area (Å²) in [7, 11) is 0. The van der Waals surface area contributed by atoms with E-state index >= 15 is 0 Å². The molecule has 0 amide bonds. The number of halogens is 5. The topological polar surface area (TPSA) is 21.8 Å². The molecule has 1 saturated heterocycles. The monoisotopic (exact) mass is 336 g/mol. The van der Waals surface area contributed by atoms with E-state index in [1.807, 2.05) is 0 Å². The van der Waals surface area contributed by atoms with E-state index in [0.717, 1.165) is 12.8 Å². The normalized spacial score (nSPS) is 29.3. The molecule has 1 aromatic rings. The molecule has 1 heterocycles. The van der Waals surface area contributed by atoms with Crippen molar-refractivity contribution in [3.05, 3.63) is 42.5 Å². The van der Waals surface area contributed by atoms with Gasteiger partial charge in [-0.05, 0) is 30.5 Å². The van der Waals surface area contributed by atoms with Crippen molar-refractivity contribution in [3.63, 3.8) is 0 Å². The smallest absolute Gasteiger partial charge is 0.428 e. The molecule has 1 saturated carbocycles. The maximum absolute atomic E-state index is 12.9. The van der Waals surface area contributed by atoms with E-state index in [1.165, 1.54) is 24.3 Å². The molecular formula is C15H13ClF4O2. The molecule has 2 unspecified atom stereocenters. The highest BCUT2D eigenvalue weighted by Gasteiger charge is 2.73. The number of benzene rings is 1. The van der Waals surface area contributed by atoms with E-state index in [1.54, 1.807) is 6.08 Å². The van der Waals surface area contributed by atoms with Gasteiger partial charge in [0.15, 0.2) is 0 Å². The van der Waals surface area contributed by atoms with E-state index in [0.29, 0.717) is 5.56 Å². The molecule has 2 fully saturated rings. The largest absolute Gasteiger partial charge is 0.461 e. The van der Waals surface area contributed by atoms with Gasteiger partial charge in [-0.1, -0.05) is 18.2 Å². The van der Waals surface area contributed by atoms with Crippen LogP contribution < -0.4 is 4.74 Å². The van der Waals surface area contributed by atoms with Crippen LogP contribution in [0.5, 0.6) is 5.75 Å². The van der Waals surface area contributed by atoms with Crippen LogP contribution in [0.4, 0.5) is 17.6 Å². The van der Waals surface area contributed by atoms with Crippen molar-refractivity contribution in [2.75, 3.05) is 0 Å². The lowest BCUT2D eigenvalue weighted by Crippen LogP contribution is -2.33. The molecule has 1 aromatic carbocycles. The summed E-state index contributed by atoms with van der Waals surface area (Å²) in [5.41, 5.74) is -0.0299. The molecule has 0 bridgehead atoms. The van der Waals surface area contributed by atoms with Crippen LogP contribution in [-0.4, -0.2) is 23.5 Å². The van der Waals surface area contributed by atoms with Crippen molar-refractivity contribution in [2.45, 2.75) is 42.0 Å². The standard InChI is InChI=1S/C15H13ClF4O2/c1-2-11-14(22-11,13(16)7-8-13)9-3-5-10(6-4-9)21-15(19,20)12(17)18/h2-6,11-12H,1,7-8H2. The fourth-order valence-electron chi connectivity index (χ4n) is 2.69. The maximum Gasteiger partial charge on any atom is 0.461 e. The molecule has 7 heteroatoms. The lowest BCUT2D eigenvalue weighted by molar-refractivity contribution is -0.253. The zero-order chi connectivity index (χ0) is 16.2. The summed E-state index contributed by atoms with van der Waals surface area (Å²) >= 11 is 6.47. The molecular weight excluding hydrogens is 324 g/mol. The average molecular weight is 337 g/mol. The van der Waals surface area contributed by atoms with Crippen molar-refractivity contribution in [2.24, 2.45) is 0 Å². The van der Waals surface area contributed by atoms with E-state index in [9.17, 15) is 17.6 Å². The van der Waals surface area contributed by atoms with Crippen LogP contribution in [0.25, 0.3) is 0 Å². The van der Waals surface area contributed by atoms with Gasteiger partial charge in [-0.2, -0.15) is 17.6 Å². The summed E-state index contributed by atoms with van der Waals surface area (Å²) in [6.45, 7) is 3.68. The van der Waals surface area contributed by atoms with Gasteiger partial charge in [0.2, 0.25) is 0 Å². The summed E-state index contributed by atoms with van der Waals surface area (Å²) in [5, 5.41) is 0. The Morgan fingerprint density at radius 1 is 1.32 bits per heavy atom. The minimum Gasteiger partial charge on any atom is -0.428 e. The fourth-order valence-corrected chi connectivity index (χ4v) is 3.04. The van der Waals surface area contributed by atoms with E-state index in [-0.39, 0.29) is 11.9 Å². The fraction of sp³-hybridized carbons (Fsp3) is 0.467. The van der Waals surface area contributed by atoms with Gasteiger partial charge in [0, 0.05) is 0 Å². The van der Waals surface area contributed by atoms with Crippen LogP contribution in [-0.2, 0) is 10.3 Å². The van der Waals surface area contributed by atoms with Gasteiger partial charge in [0.05, 0.1) is 4.87 Å². The molecule has 1 aliphatic heterocycles. The van der Waals surface area contributed by atoms with Crippen molar-refractivity contribution < 1.29 is 27.0 Å². The first-order chi connectivity index (χ1) is 10.2. The van der Waals surface area contributed by atoms with E-state index < -0.39 is 23.0 Å². The van der Waals surface area contributed by atoms with Gasteiger partial charge in [-0.15, -0.1) is 18.2 Å². The lowest BCUT2D eigenvalue weighted by Gasteiger charge is -2.20. The second kappa shape index (κ2) is 4.86. The first-order valence-corrected chi connectivity index (χ1v) is 7.08. The highest BCUT2D eigenvalue weighted by Crippen LogP contribution is 2.67. The number of epoxide rings is 1. The second-order valence-corrected chi connectivity index (χ2v) is 6.19. The summed E-state index contributed by atoms with van der Waals surface area (Å²) < 4.78 is 59.7. The van der Waals surface area contributed by atoms with Crippen LogP contribution in [0.15, 0.2) is 36.9 Å². The third-order valence-electron chi connectivity index (χ3n) is 4.02. The maximum atomic E-state index is 12.9. The predicted molar refractivity (Wildman–Crippen MR) is 72.6 cm³/mol. The third-order valence-corrected chi connectivity index (χ3v) is 4.67. The van der Waals surface area contributed by atoms with Crippen LogP contribution >= 0.6 is 11.6 Å². The minimum atomic E-state index is -4.52. The Balaban J connectivity index is 1.82. The highest BCUT2D eigenvalue weighted by atomic mass is 35.5. The van der Waals surface area contributed by atoms with Gasteiger partial charge >= 0.3 is 12.5 Å². The van der Waals surface area contributed by atoms with Crippen LogP contribution in [0.1, 0.15) is 18.4 Å². The van der Waals surface area contributed by atoms with Crippen molar-refractivity contribution in [1.82, 2.24) is 0 Å². The van der Waals surface area contributed by atoms with Crippen molar-refractivity contribution in [3.8, 4) is 5.75 Å². The molecule has 22 heavy (non-hydrogen) atoms. The summed E-state index contributed by atoms with van der Waals surface area (Å²) in [6.07, 6.45) is -5.47. The molecule has 120 valence electrons. The summed E-state index contributed by atoms with van der Waals surface area (Å²) in [4.78, 5) is -0.527.